The van der Waals surface area contributed by atoms with Gasteiger partial charge in [-0.05, 0) is 49.7 Å². The quantitative estimate of drug-likeness (QED) is 0.928. The molecule has 21 heavy (non-hydrogen) atoms. The SMILES string of the molecule is COC1CCCC(CN)(N2CCc3ccccc3CC2)C1. The molecule has 2 aliphatic rings. The van der Waals surface area contributed by atoms with Gasteiger partial charge < -0.3 is 10.5 Å². The molecule has 2 atom stereocenters. The van der Waals surface area contributed by atoms with E-state index < -0.39 is 0 Å². The van der Waals surface area contributed by atoms with Crippen molar-refractivity contribution in [2.75, 3.05) is 26.7 Å². The predicted molar refractivity (Wildman–Crippen MR) is 86.5 cm³/mol. The second-order valence-electron chi connectivity index (χ2n) is 6.64. The van der Waals surface area contributed by atoms with Crippen molar-refractivity contribution in [3.05, 3.63) is 35.4 Å². The third-order valence-corrected chi connectivity index (χ3v) is 5.58. The number of fused-ring (bicyclic) bond motifs is 1. The van der Waals surface area contributed by atoms with Gasteiger partial charge in [0.05, 0.1) is 6.10 Å². The van der Waals surface area contributed by atoms with Crippen LogP contribution in [0.25, 0.3) is 0 Å². The normalized spacial score (nSPS) is 30.7. The molecular formula is C18H28N2O. The fraction of sp³-hybridized carbons (Fsp3) is 0.667. The fourth-order valence-electron chi connectivity index (χ4n) is 4.23. The Morgan fingerprint density at radius 3 is 2.48 bits per heavy atom. The Bertz CT molecular complexity index is 449. The number of nitrogens with zero attached hydrogens (tertiary/aromatic N) is 1. The van der Waals surface area contributed by atoms with E-state index in [4.69, 9.17) is 10.5 Å². The minimum Gasteiger partial charge on any atom is -0.381 e. The highest BCUT2D eigenvalue weighted by Gasteiger charge is 2.40. The summed E-state index contributed by atoms with van der Waals surface area (Å²) in [7, 11) is 1.84. The maximum atomic E-state index is 6.24. The first-order valence-electron chi connectivity index (χ1n) is 8.32. The molecule has 1 saturated carbocycles. The molecule has 0 bridgehead atoms. The summed E-state index contributed by atoms with van der Waals surface area (Å²) in [5.41, 5.74) is 9.44. The van der Waals surface area contributed by atoms with Crippen molar-refractivity contribution in [2.45, 2.75) is 50.2 Å². The molecular weight excluding hydrogens is 260 g/mol. The van der Waals surface area contributed by atoms with Gasteiger partial charge in [-0.2, -0.15) is 0 Å². The van der Waals surface area contributed by atoms with Gasteiger partial charge in [-0.25, -0.2) is 0 Å². The molecule has 2 unspecified atom stereocenters. The van der Waals surface area contributed by atoms with Crippen LogP contribution in [0.4, 0.5) is 0 Å². The lowest BCUT2D eigenvalue weighted by molar-refractivity contribution is -0.0205. The van der Waals surface area contributed by atoms with E-state index in [1.54, 1.807) is 0 Å². The summed E-state index contributed by atoms with van der Waals surface area (Å²) in [4.78, 5) is 2.66. The van der Waals surface area contributed by atoms with E-state index in [2.05, 4.69) is 29.2 Å². The van der Waals surface area contributed by atoms with Crippen molar-refractivity contribution in [3.8, 4) is 0 Å². The molecule has 0 spiro atoms. The molecule has 3 nitrogen and oxygen atoms in total. The Morgan fingerprint density at radius 1 is 1.24 bits per heavy atom. The number of hydrogen-bond acceptors (Lipinski definition) is 3. The van der Waals surface area contributed by atoms with Gasteiger partial charge >= 0.3 is 0 Å². The van der Waals surface area contributed by atoms with Crippen molar-refractivity contribution in [3.63, 3.8) is 0 Å². The van der Waals surface area contributed by atoms with Crippen LogP contribution in [0.3, 0.4) is 0 Å². The van der Waals surface area contributed by atoms with Gasteiger partial charge in [-0.3, -0.25) is 4.90 Å². The summed E-state index contributed by atoms with van der Waals surface area (Å²) < 4.78 is 5.65. The predicted octanol–water partition coefficient (Wildman–Crippen LogP) is 2.37. The van der Waals surface area contributed by atoms with Crippen LogP contribution < -0.4 is 5.73 Å². The number of ether oxygens (including phenoxy) is 1. The summed E-state index contributed by atoms with van der Waals surface area (Å²) in [6.45, 7) is 3.01. The Labute approximate surface area is 128 Å². The van der Waals surface area contributed by atoms with Gasteiger partial charge in [0.1, 0.15) is 0 Å². The van der Waals surface area contributed by atoms with E-state index in [1.165, 1.54) is 30.4 Å². The second kappa shape index (κ2) is 6.47. The first-order chi connectivity index (χ1) is 10.3. The van der Waals surface area contributed by atoms with Crippen LogP contribution in [-0.4, -0.2) is 43.3 Å². The van der Waals surface area contributed by atoms with Crippen LogP contribution in [0, 0.1) is 0 Å². The lowest BCUT2D eigenvalue weighted by Gasteiger charge is -2.47. The van der Waals surface area contributed by atoms with Crippen LogP contribution >= 0.6 is 0 Å². The Morgan fingerprint density at radius 2 is 1.90 bits per heavy atom. The maximum absolute atomic E-state index is 6.24. The third kappa shape index (κ3) is 3.01. The largest absolute Gasteiger partial charge is 0.381 e. The number of hydrogen-bond donors (Lipinski definition) is 1. The van der Waals surface area contributed by atoms with Crippen LogP contribution in [0.2, 0.25) is 0 Å². The highest BCUT2D eigenvalue weighted by atomic mass is 16.5. The average Bonchev–Trinajstić information content (AvgIpc) is 2.77. The van der Waals surface area contributed by atoms with Gasteiger partial charge in [0.15, 0.2) is 0 Å². The number of methoxy groups -OCH3 is 1. The van der Waals surface area contributed by atoms with Crippen molar-refractivity contribution >= 4 is 0 Å². The highest BCUT2D eigenvalue weighted by Crippen LogP contribution is 2.35. The van der Waals surface area contributed by atoms with Crippen LogP contribution in [-0.2, 0) is 17.6 Å². The molecule has 2 N–H and O–H groups in total. The average molecular weight is 288 g/mol. The molecule has 0 aromatic heterocycles. The summed E-state index contributed by atoms with van der Waals surface area (Å²) >= 11 is 0. The van der Waals surface area contributed by atoms with Crippen LogP contribution in [0.15, 0.2) is 24.3 Å². The Balaban J connectivity index is 1.76. The molecule has 1 aromatic carbocycles. The summed E-state index contributed by atoms with van der Waals surface area (Å²) in [6.07, 6.45) is 7.42. The summed E-state index contributed by atoms with van der Waals surface area (Å²) in [5, 5.41) is 0. The van der Waals surface area contributed by atoms with Crippen molar-refractivity contribution in [1.29, 1.82) is 0 Å². The maximum Gasteiger partial charge on any atom is 0.0589 e. The summed E-state index contributed by atoms with van der Waals surface area (Å²) in [5.74, 6) is 0. The van der Waals surface area contributed by atoms with E-state index in [0.717, 1.165) is 38.9 Å². The zero-order valence-electron chi connectivity index (χ0n) is 13.2. The molecule has 1 fully saturated rings. The monoisotopic (exact) mass is 288 g/mol. The zero-order chi connectivity index (χ0) is 14.7. The van der Waals surface area contributed by atoms with Gasteiger partial charge in [-0.15, -0.1) is 0 Å². The van der Waals surface area contributed by atoms with Gasteiger partial charge in [0.2, 0.25) is 0 Å². The first kappa shape index (κ1) is 15.0. The number of benzene rings is 1. The molecule has 116 valence electrons. The molecule has 0 saturated heterocycles. The molecule has 0 amide bonds. The molecule has 1 aliphatic heterocycles. The lowest BCUT2D eigenvalue weighted by atomic mass is 9.78. The third-order valence-electron chi connectivity index (χ3n) is 5.58. The number of rotatable bonds is 3. The number of nitrogens with two attached hydrogens (primary N) is 1. The minimum absolute atomic E-state index is 0.154. The fourth-order valence-corrected chi connectivity index (χ4v) is 4.23. The van der Waals surface area contributed by atoms with Crippen molar-refractivity contribution in [1.82, 2.24) is 4.90 Å². The highest BCUT2D eigenvalue weighted by molar-refractivity contribution is 5.29. The molecule has 3 rings (SSSR count). The van der Waals surface area contributed by atoms with E-state index in [-0.39, 0.29) is 5.54 Å². The van der Waals surface area contributed by atoms with Crippen molar-refractivity contribution < 1.29 is 4.74 Å². The topological polar surface area (TPSA) is 38.5 Å². The van der Waals surface area contributed by atoms with Gasteiger partial charge in [-0.1, -0.05) is 24.3 Å². The van der Waals surface area contributed by atoms with Crippen LogP contribution in [0.1, 0.15) is 36.8 Å². The van der Waals surface area contributed by atoms with Gasteiger partial charge in [0, 0.05) is 32.3 Å². The smallest absolute Gasteiger partial charge is 0.0589 e. The van der Waals surface area contributed by atoms with Crippen LogP contribution in [0.5, 0.6) is 0 Å². The molecule has 1 aliphatic carbocycles. The first-order valence-corrected chi connectivity index (χ1v) is 8.32. The Hall–Kier alpha value is -0.900. The molecule has 1 heterocycles. The van der Waals surface area contributed by atoms with E-state index in [1.807, 2.05) is 7.11 Å². The zero-order valence-corrected chi connectivity index (χ0v) is 13.2. The standard InChI is InChI=1S/C18H28N2O/c1-21-17-7-4-10-18(13-17,14-19)20-11-8-15-5-2-3-6-16(15)9-12-20/h2-3,5-6,17H,4,7-14,19H2,1H3. The molecule has 1 aromatic rings. The Kier molecular flexibility index (Phi) is 4.63. The summed E-state index contributed by atoms with van der Waals surface area (Å²) in [6, 6.07) is 8.89. The molecule has 3 heteroatoms. The van der Waals surface area contributed by atoms with E-state index in [0.29, 0.717) is 6.10 Å². The van der Waals surface area contributed by atoms with Crippen molar-refractivity contribution in [2.24, 2.45) is 5.73 Å². The lowest BCUT2D eigenvalue weighted by Crippen LogP contribution is -2.58. The van der Waals surface area contributed by atoms with E-state index >= 15 is 0 Å². The van der Waals surface area contributed by atoms with Gasteiger partial charge in [0.25, 0.3) is 0 Å². The minimum atomic E-state index is 0.154. The molecule has 0 radical (unpaired) electrons. The second-order valence-corrected chi connectivity index (χ2v) is 6.64. The van der Waals surface area contributed by atoms with E-state index in [9.17, 15) is 0 Å².